The largest absolute Gasteiger partial charge is 0.396 e. The zero-order chi connectivity index (χ0) is 10.7. The summed E-state index contributed by atoms with van der Waals surface area (Å²) in [7, 11) is 0. The van der Waals surface area contributed by atoms with E-state index >= 15 is 0 Å². The minimum atomic E-state index is -0.153. The lowest BCUT2D eigenvalue weighted by Crippen LogP contribution is -2.44. The number of aliphatic hydroxyl groups excluding tert-OH is 1. The Balaban J connectivity index is 2.06. The lowest BCUT2D eigenvalue weighted by atomic mass is 10.3. The number of aliphatic hydroxyl groups is 1. The minimum Gasteiger partial charge on any atom is -0.396 e. The van der Waals surface area contributed by atoms with E-state index in [4.69, 9.17) is 15.6 Å². The molecule has 0 bridgehead atoms. The van der Waals surface area contributed by atoms with E-state index in [1.807, 2.05) is 4.90 Å². The van der Waals surface area contributed by atoms with E-state index in [1.54, 1.807) is 12.4 Å². The van der Waals surface area contributed by atoms with Gasteiger partial charge in [-0.15, -0.1) is 0 Å². The van der Waals surface area contributed by atoms with Gasteiger partial charge in [-0.2, -0.15) is 0 Å². The molecule has 1 atom stereocenters. The molecule has 0 spiro atoms. The SMILES string of the molecule is Nc1cnc(N2CCOC(CO)C2)nc1. The number of morpholine rings is 1. The highest BCUT2D eigenvalue weighted by Gasteiger charge is 2.21. The number of anilines is 2. The van der Waals surface area contributed by atoms with Crippen molar-refractivity contribution in [1.29, 1.82) is 0 Å². The molecule has 1 aromatic rings. The molecule has 3 N–H and O–H groups in total. The fraction of sp³-hybridized carbons (Fsp3) is 0.556. The van der Waals surface area contributed by atoms with Gasteiger partial charge in [0.05, 0.1) is 37.4 Å². The van der Waals surface area contributed by atoms with Gasteiger partial charge in [0.1, 0.15) is 0 Å². The van der Waals surface area contributed by atoms with Gasteiger partial charge in [0.25, 0.3) is 0 Å². The van der Waals surface area contributed by atoms with Crippen LogP contribution >= 0.6 is 0 Å². The predicted octanol–water partition coefficient (Wildman–Crippen LogP) is -0.744. The molecule has 0 saturated carbocycles. The maximum Gasteiger partial charge on any atom is 0.225 e. The van der Waals surface area contributed by atoms with Gasteiger partial charge < -0.3 is 20.5 Å². The molecule has 0 aromatic carbocycles. The molecule has 15 heavy (non-hydrogen) atoms. The molecule has 2 rings (SSSR count). The van der Waals surface area contributed by atoms with Gasteiger partial charge in [0, 0.05) is 13.1 Å². The maximum atomic E-state index is 8.99. The van der Waals surface area contributed by atoms with E-state index in [-0.39, 0.29) is 12.7 Å². The molecule has 82 valence electrons. The van der Waals surface area contributed by atoms with E-state index in [2.05, 4.69) is 9.97 Å². The molecule has 1 saturated heterocycles. The Morgan fingerprint density at radius 3 is 2.93 bits per heavy atom. The Morgan fingerprint density at radius 1 is 1.53 bits per heavy atom. The molecule has 0 aliphatic carbocycles. The molecule has 0 amide bonds. The summed E-state index contributed by atoms with van der Waals surface area (Å²) in [6, 6.07) is 0. The summed E-state index contributed by atoms with van der Waals surface area (Å²) in [6.45, 7) is 1.95. The van der Waals surface area contributed by atoms with E-state index < -0.39 is 0 Å². The molecule has 1 aliphatic rings. The van der Waals surface area contributed by atoms with Crippen LogP contribution in [0.1, 0.15) is 0 Å². The molecular weight excluding hydrogens is 196 g/mol. The van der Waals surface area contributed by atoms with Gasteiger partial charge in [-0.1, -0.05) is 0 Å². The van der Waals surface area contributed by atoms with E-state index in [1.165, 1.54) is 0 Å². The quantitative estimate of drug-likeness (QED) is 0.668. The minimum absolute atomic E-state index is 0.0193. The highest BCUT2D eigenvalue weighted by atomic mass is 16.5. The molecule has 6 heteroatoms. The van der Waals surface area contributed by atoms with Crippen molar-refractivity contribution in [2.45, 2.75) is 6.10 Å². The number of nitrogens with zero attached hydrogens (tertiary/aromatic N) is 3. The maximum absolute atomic E-state index is 8.99. The predicted molar refractivity (Wildman–Crippen MR) is 55.5 cm³/mol. The first-order valence-corrected chi connectivity index (χ1v) is 4.84. The van der Waals surface area contributed by atoms with Crippen molar-refractivity contribution in [3.63, 3.8) is 0 Å². The van der Waals surface area contributed by atoms with Crippen molar-refractivity contribution in [3.05, 3.63) is 12.4 Å². The van der Waals surface area contributed by atoms with Crippen LogP contribution in [0.3, 0.4) is 0 Å². The fourth-order valence-corrected chi connectivity index (χ4v) is 1.51. The second kappa shape index (κ2) is 4.41. The summed E-state index contributed by atoms with van der Waals surface area (Å²) >= 11 is 0. The van der Waals surface area contributed by atoms with Crippen molar-refractivity contribution in [2.24, 2.45) is 0 Å². The monoisotopic (exact) mass is 210 g/mol. The van der Waals surface area contributed by atoms with Crippen LogP contribution in [0.4, 0.5) is 11.6 Å². The van der Waals surface area contributed by atoms with E-state index in [0.29, 0.717) is 24.8 Å². The average Bonchev–Trinajstić information content (AvgIpc) is 2.30. The molecule has 6 nitrogen and oxygen atoms in total. The second-order valence-corrected chi connectivity index (χ2v) is 3.44. The Labute approximate surface area is 87.7 Å². The highest BCUT2D eigenvalue weighted by molar-refractivity contribution is 5.38. The zero-order valence-electron chi connectivity index (χ0n) is 8.33. The van der Waals surface area contributed by atoms with Gasteiger partial charge in [-0.3, -0.25) is 0 Å². The van der Waals surface area contributed by atoms with Crippen LogP contribution in [-0.2, 0) is 4.74 Å². The Kier molecular flexibility index (Phi) is 2.98. The summed E-state index contributed by atoms with van der Waals surface area (Å²) in [5, 5.41) is 8.99. The molecule has 1 aliphatic heterocycles. The number of rotatable bonds is 2. The van der Waals surface area contributed by atoms with Crippen LogP contribution in [0.5, 0.6) is 0 Å². The zero-order valence-corrected chi connectivity index (χ0v) is 8.33. The van der Waals surface area contributed by atoms with Crippen LogP contribution in [0.2, 0.25) is 0 Å². The van der Waals surface area contributed by atoms with Gasteiger partial charge in [-0.25, -0.2) is 9.97 Å². The van der Waals surface area contributed by atoms with Crippen molar-refractivity contribution in [1.82, 2.24) is 9.97 Å². The highest BCUT2D eigenvalue weighted by Crippen LogP contribution is 2.12. The molecule has 1 fully saturated rings. The van der Waals surface area contributed by atoms with Gasteiger partial charge in [0.2, 0.25) is 5.95 Å². The summed E-state index contributed by atoms with van der Waals surface area (Å²) in [6.07, 6.45) is 3.00. The average molecular weight is 210 g/mol. The molecule has 1 unspecified atom stereocenters. The number of ether oxygens (including phenoxy) is 1. The third-order valence-electron chi connectivity index (χ3n) is 2.28. The van der Waals surface area contributed by atoms with E-state index in [9.17, 15) is 0 Å². The number of hydrogen-bond donors (Lipinski definition) is 2. The van der Waals surface area contributed by atoms with Gasteiger partial charge in [0.15, 0.2) is 0 Å². The molecule has 1 aromatic heterocycles. The van der Waals surface area contributed by atoms with Crippen molar-refractivity contribution >= 4 is 11.6 Å². The number of hydrogen-bond acceptors (Lipinski definition) is 6. The number of aromatic nitrogens is 2. The second-order valence-electron chi connectivity index (χ2n) is 3.44. The standard InChI is InChI=1S/C9H14N4O2/c10-7-3-11-9(12-4-7)13-1-2-15-8(5-13)6-14/h3-4,8,14H,1-2,5-6,10H2. The first-order valence-electron chi connectivity index (χ1n) is 4.84. The number of nitrogens with two attached hydrogens (primary N) is 1. The van der Waals surface area contributed by atoms with Gasteiger partial charge >= 0.3 is 0 Å². The fourth-order valence-electron chi connectivity index (χ4n) is 1.51. The first kappa shape index (κ1) is 10.1. The van der Waals surface area contributed by atoms with Crippen LogP contribution in [0.15, 0.2) is 12.4 Å². The smallest absolute Gasteiger partial charge is 0.225 e. The summed E-state index contributed by atoms with van der Waals surface area (Å²) in [5.41, 5.74) is 6.05. The Bertz CT molecular complexity index is 316. The Hall–Kier alpha value is -1.40. The normalized spacial score (nSPS) is 21.7. The number of nitrogen functional groups attached to an aromatic ring is 1. The molecule has 0 radical (unpaired) electrons. The third-order valence-corrected chi connectivity index (χ3v) is 2.28. The first-order chi connectivity index (χ1) is 7.29. The Morgan fingerprint density at radius 2 is 2.27 bits per heavy atom. The van der Waals surface area contributed by atoms with Gasteiger partial charge in [-0.05, 0) is 0 Å². The summed E-state index contributed by atoms with van der Waals surface area (Å²) in [4.78, 5) is 10.2. The van der Waals surface area contributed by atoms with Crippen molar-refractivity contribution in [2.75, 3.05) is 36.9 Å². The van der Waals surface area contributed by atoms with E-state index in [0.717, 1.165) is 6.54 Å². The lowest BCUT2D eigenvalue weighted by Gasteiger charge is -2.31. The lowest BCUT2D eigenvalue weighted by molar-refractivity contribution is 0.00314. The van der Waals surface area contributed by atoms with Crippen LogP contribution in [0.25, 0.3) is 0 Å². The topological polar surface area (TPSA) is 84.5 Å². The molecular formula is C9H14N4O2. The van der Waals surface area contributed by atoms with Crippen molar-refractivity contribution in [3.8, 4) is 0 Å². The van der Waals surface area contributed by atoms with Crippen LogP contribution in [0, 0.1) is 0 Å². The van der Waals surface area contributed by atoms with Crippen LogP contribution in [-0.4, -0.2) is 47.5 Å². The summed E-state index contributed by atoms with van der Waals surface area (Å²) in [5.74, 6) is 0.631. The molecule has 2 heterocycles. The summed E-state index contributed by atoms with van der Waals surface area (Å²) < 4.78 is 5.33. The van der Waals surface area contributed by atoms with Crippen LogP contribution < -0.4 is 10.6 Å². The third kappa shape index (κ3) is 2.34. The van der Waals surface area contributed by atoms with Crippen molar-refractivity contribution < 1.29 is 9.84 Å².